The van der Waals surface area contributed by atoms with Crippen LogP contribution in [-0.4, -0.2) is 55.0 Å². The van der Waals surface area contributed by atoms with Crippen LogP contribution in [0.15, 0.2) is 15.9 Å². The van der Waals surface area contributed by atoms with Crippen LogP contribution < -0.4 is 16.6 Å². The standard InChI is InChI=1S/C16H22N6O4/c1-19-14-13(15(25)20(2)16(19)26)22(10-18-14)9-11(23)17-6-4-8-21-7-3-5-12(21)24/h10H,3-9H2,1-2H3,(H,17,23). The van der Waals surface area contributed by atoms with Crippen LogP contribution >= 0.6 is 0 Å². The van der Waals surface area contributed by atoms with Gasteiger partial charge in [0.1, 0.15) is 6.54 Å². The number of fused-ring (bicyclic) bond motifs is 1. The zero-order chi connectivity index (χ0) is 18.8. The maximum absolute atomic E-state index is 12.3. The molecule has 10 heteroatoms. The van der Waals surface area contributed by atoms with Gasteiger partial charge in [0, 0.05) is 40.2 Å². The summed E-state index contributed by atoms with van der Waals surface area (Å²) in [5.41, 5.74) is -0.486. The number of rotatable bonds is 6. The fraction of sp³-hybridized carbons (Fsp3) is 0.562. The highest BCUT2D eigenvalue weighted by atomic mass is 16.2. The Morgan fingerprint density at radius 1 is 1.23 bits per heavy atom. The normalized spacial score (nSPS) is 14.4. The molecule has 10 nitrogen and oxygen atoms in total. The number of aromatic nitrogens is 4. The molecule has 3 rings (SSSR count). The minimum atomic E-state index is -0.485. The largest absolute Gasteiger partial charge is 0.354 e. The average Bonchev–Trinajstić information content (AvgIpc) is 3.21. The predicted molar refractivity (Wildman–Crippen MR) is 93.7 cm³/mol. The van der Waals surface area contributed by atoms with Crippen LogP contribution in [0.1, 0.15) is 19.3 Å². The Hall–Kier alpha value is -2.91. The first-order valence-corrected chi connectivity index (χ1v) is 8.55. The molecule has 1 aliphatic rings. The summed E-state index contributed by atoms with van der Waals surface area (Å²) in [7, 11) is 2.92. The molecule has 0 saturated carbocycles. The monoisotopic (exact) mass is 362 g/mol. The molecule has 1 N–H and O–H groups in total. The molecular weight excluding hydrogens is 340 g/mol. The molecule has 3 heterocycles. The minimum absolute atomic E-state index is 0.0629. The van der Waals surface area contributed by atoms with E-state index in [0.29, 0.717) is 25.9 Å². The van der Waals surface area contributed by atoms with Gasteiger partial charge in [0.05, 0.1) is 6.33 Å². The molecule has 0 aliphatic carbocycles. The average molecular weight is 362 g/mol. The highest BCUT2D eigenvalue weighted by Gasteiger charge is 2.19. The van der Waals surface area contributed by atoms with E-state index in [1.165, 1.54) is 29.6 Å². The quantitative estimate of drug-likeness (QED) is 0.633. The summed E-state index contributed by atoms with van der Waals surface area (Å²) < 4.78 is 3.71. The van der Waals surface area contributed by atoms with Gasteiger partial charge in [-0.05, 0) is 12.8 Å². The van der Waals surface area contributed by atoms with Crippen LogP contribution in [0.5, 0.6) is 0 Å². The number of likely N-dealkylation sites (tertiary alicyclic amines) is 1. The van der Waals surface area contributed by atoms with Crippen molar-refractivity contribution in [3.05, 3.63) is 27.2 Å². The Kier molecular flexibility index (Phi) is 4.92. The SMILES string of the molecule is Cn1c(=O)c2c(ncn2CC(=O)NCCCN2CCCC2=O)n(C)c1=O. The fourth-order valence-corrected chi connectivity index (χ4v) is 3.17. The molecule has 0 aromatic carbocycles. The number of carbonyl (C=O) groups excluding carboxylic acids is 2. The van der Waals surface area contributed by atoms with E-state index < -0.39 is 11.2 Å². The van der Waals surface area contributed by atoms with Crippen LogP contribution in [0.25, 0.3) is 11.2 Å². The van der Waals surface area contributed by atoms with Crippen molar-refractivity contribution in [2.24, 2.45) is 14.1 Å². The van der Waals surface area contributed by atoms with Crippen LogP contribution in [0, 0.1) is 0 Å². The number of hydrogen-bond acceptors (Lipinski definition) is 5. The second-order valence-electron chi connectivity index (χ2n) is 6.44. The highest BCUT2D eigenvalue weighted by Crippen LogP contribution is 2.09. The maximum Gasteiger partial charge on any atom is 0.332 e. The third kappa shape index (κ3) is 3.26. The zero-order valence-corrected chi connectivity index (χ0v) is 14.9. The summed E-state index contributed by atoms with van der Waals surface area (Å²) in [4.78, 5) is 53.8. The van der Waals surface area contributed by atoms with Gasteiger partial charge in [0.2, 0.25) is 11.8 Å². The van der Waals surface area contributed by atoms with E-state index in [2.05, 4.69) is 10.3 Å². The number of amides is 2. The summed E-state index contributed by atoms with van der Waals surface area (Å²) in [6.07, 6.45) is 3.57. The number of hydrogen-bond donors (Lipinski definition) is 1. The van der Waals surface area contributed by atoms with Gasteiger partial charge in [-0.1, -0.05) is 0 Å². The van der Waals surface area contributed by atoms with Crippen LogP contribution in [-0.2, 0) is 30.2 Å². The summed E-state index contributed by atoms with van der Waals surface area (Å²) >= 11 is 0. The number of nitrogens with one attached hydrogen (secondary N) is 1. The Bertz CT molecular complexity index is 970. The van der Waals surface area contributed by atoms with Crippen molar-refractivity contribution in [3.8, 4) is 0 Å². The first-order valence-electron chi connectivity index (χ1n) is 8.55. The molecule has 2 aromatic heterocycles. The van der Waals surface area contributed by atoms with E-state index in [0.717, 1.165) is 17.5 Å². The molecule has 1 aliphatic heterocycles. The lowest BCUT2D eigenvalue weighted by atomic mass is 10.3. The van der Waals surface area contributed by atoms with Crippen molar-refractivity contribution in [1.29, 1.82) is 0 Å². The molecule has 0 radical (unpaired) electrons. The van der Waals surface area contributed by atoms with Gasteiger partial charge in [-0.15, -0.1) is 0 Å². The summed E-state index contributed by atoms with van der Waals surface area (Å²) in [5.74, 6) is -0.0874. The lowest BCUT2D eigenvalue weighted by molar-refractivity contribution is -0.127. The van der Waals surface area contributed by atoms with Crippen molar-refractivity contribution in [2.75, 3.05) is 19.6 Å². The van der Waals surface area contributed by atoms with Gasteiger partial charge < -0.3 is 14.8 Å². The number of imidazole rings is 1. The molecular formula is C16H22N6O4. The van der Waals surface area contributed by atoms with Crippen molar-refractivity contribution < 1.29 is 9.59 Å². The molecule has 2 amide bonds. The number of nitrogens with zero attached hydrogens (tertiary/aromatic N) is 5. The summed E-state index contributed by atoms with van der Waals surface area (Å²) in [6.45, 7) is 1.81. The summed E-state index contributed by atoms with van der Waals surface area (Å²) in [5, 5.41) is 2.78. The van der Waals surface area contributed by atoms with E-state index in [4.69, 9.17) is 0 Å². The Morgan fingerprint density at radius 2 is 2.00 bits per heavy atom. The number of aryl methyl sites for hydroxylation is 1. The third-order valence-electron chi connectivity index (χ3n) is 4.63. The molecule has 0 atom stereocenters. The maximum atomic E-state index is 12.3. The van der Waals surface area contributed by atoms with Crippen molar-refractivity contribution in [1.82, 2.24) is 28.9 Å². The zero-order valence-electron chi connectivity index (χ0n) is 14.9. The fourth-order valence-electron chi connectivity index (χ4n) is 3.17. The van der Waals surface area contributed by atoms with Gasteiger partial charge in [-0.2, -0.15) is 0 Å². The van der Waals surface area contributed by atoms with E-state index in [-0.39, 0.29) is 29.5 Å². The van der Waals surface area contributed by atoms with Gasteiger partial charge in [-0.25, -0.2) is 9.78 Å². The third-order valence-corrected chi connectivity index (χ3v) is 4.63. The first-order chi connectivity index (χ1) is 12.4. The lowest BCUT2D eigenvalue weighted by Gasteiger charge is -2.15. The van der Waals surface area contributed by atoms with Crippen LogP contribution in [0.2, 0.25) is 0 Å². The van der Waals surface area contributed by atoms with Crippen LogP contribution in [0.3, 0.4) is 0 Å². The van der Waals surface area contributed by atoms with Gasteiger partial charge in [0.15, 0.2) is 11.2 Å². The van der Waals surface area contributed by atoms with Crippen molar-refractivity contribution >= 4 is 23.0 Å². The van der Waals surface area contributed by atoms with Crippen molar-refractivity contribution in [3.63, 3.8) is 0 Å². The molecule has 2 aromatic rings. The highest BCUT2D eigenvalue weighted by molar-refractivity contribution is 5.79. The van der Waals surface area contributed by atoms with E-state index in [1.807, 2.05) is 0 Å². The van der Waals surface area contributed by atoms with E-state index in [1.54, 1.807) is 4.90 Å². The molecule has 26 heavy (non-hydrogen) atoms. The Morgan fingerprint density at radius 3 is 2.69 bits per heavy atom. The molecule has 0 unspecified atom stereocenters. The topological polar surface area (TPSA) is 111 Å². The van der Waals surface area contributed by atoms with Crippen molar-refractivity contribution in [2.45, 2.75) is 25.8 Å². The number of carbonyl (C=O) groups is 2. The molecule has 1 fully saturated rings. The molecule has 140 valence electrons. The van der Waals surface area contributed by atoms with Gasteiger partial charge >= 0.3 is 5.69 Å². The van der Waals surface area contributed by atoms with Gasteiger partial charge in [-0.3, -0.25) is 23.5 Å². The first kappa shape index (κ1) is 17.9. The Labute approximate surface area is 149 Å². The molecule has 0 bridgehead atoms. The smallest absolute Gasteiger partial charge is 0.332 e. The molecule has 0 spiro atoms. The Balaban J connectivity index is 1.62. The second-order valence-corrected chi connectivity index (χ2v) is 6.44. The van der Waals surface area contributed by atoms with E-state index >= 15 is 0 Å². The van der Waals surface area contributed by atoms with E-state index in [9.17, 15) is 19.2 Å². The molecule has 1 saturated heterocycles. The lowest BCUT2D eigenvalue weighted by Crippen LogP contribution is -2.38. The summed E-state index contributed by atoms with van der Waals surface area (Å²) in [6, 6.07) is 0. The second kappa shape index (κ2) is 7.14. The minimum Gasteiger partial charge on any atom is -0.354 e. The van der Waals surface area contributed by atoms with Crippen LogP contribution in [0.4, 0.5) is 0 Å². The predicted octanol–water partition coefficient (Wildman–Crippen LogP) is -1.44. The van der Waals surface area contributed by atoms with Gasteiger partial charge in [0.25, 0.3) is 5.56 Å².